The van der Waals surface area contributed by atoms with E-state index in [4.69, 9.17) is 27.3 Å². The Morgan fingerprint density at radius 1 is 1.06 bits per heavy atom. The maximum atomic E-state index is 12.7. The number of anilines is 1. The van der Waals surface area contributed by atoms with Crippen LogP contribution in [-0.4, -0.2) is 37.2 Å². The van der Waals surface area contributed by atoms with Crippen molar-refractivity contribution >= 4 is 23.2 Å². The van der Waals surface area contributed by atoms with E-state index in [1.807, 2.05) is 24.3 Å². The Hall–Kier alpha value is -2.75. The minimum Gasteiger partial charge on any atom is -0.490 e. The fraction of sp³-hybridized carbons (Fsp3) is 0.440. The Bertz CT molecular complexity index is 972. The molecule has 6 nitrogen and oxygen atoms in total. The molecule has 32 heavy (non-hydrogen) atoms. The second kappa shape index (κ2) is 10.2. The zero-order valence-electron chi connectivity index (χ0n) is 18.1. The van der Waals surface area contributed by atoms with Crippen molar-refractivity contribution < 1.29 is 9.53 Å². The largest absolute Gasteiger partial charge is 0.490 e. The van der Waals surface area contributed by atoms with E-state index < -0.39 is 0 Å². The Balaban J connectivity index is 1.24. The minimum absolute atomic E-state index is 0.0274. The zero-order valence-corrected chi connectivity index (χ0v) is 18.9. The number of nitrogens with zero attached hydrogens (tertiary/aromatic N) is 2. The van der Waals surface area contributed by atoms with Gasteiger partial charge >= 0.3 is 0 Å². The van der Waals surface area contributed by atoms with E-state index in [1.165, 1.54) is 0 Å². The number of carbonyl (C=O) groups is 1. The third kappa shape index (κ3) is 5.53. The Morgan fingerprint density at radius 3 is 2.38 bits per heavy atom. The van der Waals surface area contributed by atoms with Crippen molar-refractivity contribution in [1.82, 2.24) is 5.32 Å². The van der Waals surface area contributed by atoms with Gasteiger partial charge in [0, 0.05) is 42.5 Å². The van der Waals surface area contributed by atoms with Crippen LogP contribution in [0.1, 0.15) is 54.4 Å². The summed E-state index contributed by atoms with van der Waals surface area (Å²) in [6.07, 6.45) is 5.56. The predicted octanol–water partition coefficient (Wildman–Crippen LogP) is 4.26. The van der Waals surface area contributed by atoms with Gasteiger partial charge in [0.15, 0.2) is 0 Å². The number of nitrogens with one attached hydrogen (secondary N) is 1. The van der Waals surface area contributed by atoms with Crippen molar-refractivity contribution in [2.24, 2.45) is 5.73 Å². The topological polar surface area (TPSA) is 91.4 Å². The first kappa shape index (κ1) is 22.4. The molecule has 3 N–H and O–H groups in total. The molecule has 0 spiro atoms. The molecule has 1 heterocycles. The first-order chi connectivity index (χ1) is 15.5. The molecule has 0 unspecified atom stereocenters. The average Bonchev–Trinajstić information content (AvgIpc) is 2.81. The Kier molecular flexibility index (Phi) is 7.19. The van der Waals surface area contributed by atoms with Gasteiger partial charge in [-0.15, -0.1) is 0 Å². The van der Waals surface area contributed by atoms with E-state index in [2.05, 4.69) is 16.3 Å². The number of halogens is 1. The van der Waals surface area contributed by atoms with Gasteiger partial charge in [0.1, 0.15) is 11.8 Å². The molecule has 1 saturated heterocycles. The molecule has 168 valence electrons. The molecule has 7 heteroatoms. The number of benzene rings is 2. The smallest absolute Gasteiger partial charge is 0.251 e. The molecule has 2 fully saturated rings. The summed E-state index contributed by atoms with van der Waals surface area (Å²) in [4.78, 5) is 15.0. The SMILES string of the molecule is N#Cc1ccc(OC2CCC(NC(=O)c3ccc(N4CCC(N)CC4)cc3)CC2)cc1Cl. The van der Waals surface area contributed by atoms with Gasteiger partial charge in [-0.2, -0.15) is 5.26 Å². The molecular formula is C25H29ClN4O2. The number of amides is 1. The zero-order chi connectivity index (χ0) is 22.5. The molecule has 0 atom stereocenters. The van der Waals surface area contributed by atoms with Crippen LogP contribution >= 0.6 is 11.6 Å². The second-order valence-corrected chi connectivity index (χ2v) is 9.10. The third-order valence-corrected chi connectivity index (χ3v) is 6.72. The lowest BCUT2D eigenvalue weighted by atomic mass is 9.92. The summed E-state index contributed by atoms with van der Waals surface area (Å²) in [6, 6.07) is 15.5. The maximum absolute atomic E-state index is 12.7. The van der Waals surface area contributed by atoms with Gasteiger partial charge < -0.3 is 20.7 Å². The van der Waals surface area contributed by atoms with Crippen LogP contribution in [0.2, 0.25) is 5.02 Å². The molecule has 0 bridgehead atoms. The molecule has 0 aromatic heterocycles. The van der Waals surface area contributed by atoms with Crippen molar-refractivity contribution in [3.63, 3.8) is 0 Å². The number of piperidine rings is 1. The number of ether oxygens (including phenoxy) is 1. The van der Waals surface area contributed by atoms with Crippen LogP contribution in [0.5, 0.6) is 5.75 Å². The highest BCUT2D eigenvalue weighted by Crippen LogP contribution is 2.27. The van der Waals surface area contributed by atoms with Crippen LogP contribution in [0, 0.1) is 11.3 Å². The highest BCUT2D eigenvalue weighted by molar-refractivity contribution is 6.31. The van der Waals surface area contributed by atoms with E-state index in [1.54, 1.807) is 18.2 Å². The van der Waals surface area contributed by atoms with E-state index in [0.717, 1.165) is 57.3 Å². The first-order valence-electron chi connectivity index (χ1n) is 11.3. The summed E-state index contributed by atoms with van der Waals surface area (Å²) in [5.41, 5.74) is 8.27. The van der Waals surface area contributed by atoms with Gasteiger partial charge in [0.2, 0.25) is 0 Å². The highest BCUT2D eigenvalue weighted by atomic mass is 35.5. The quantitative estimate of drug-likeness (QED) is 0.707. The van der Waals surface area contributed by atoms with E-state index in [-0.39, 0.29) is 18.1 Å². The molecule has 0 radical (unpaired) electrons. The molecular weight excluding hydrogens is 424 g/mol. The lowest BCUT2D eigenvalue weighted by Crippen LogP contribution is -2.40. The van der Waals surface area contributed by atoms with Crippen molar-refractivity contribution in [3.8, 4) is 11.8 Å². The van der Waals surface area contributed by atoms with E-state index >= 15 is 0 Å². The van der Waals surface area contributed by atoms with Crippen LogP contribution in [0.3, 0.4) is 0 Å². The molecule has 1 saturated carbocycles. The molecule has 2 aromatic carbocycles. The monoisotopic (exact) mass is 452 g/mol. The fourth-order valence-electron chi connectivity index (χ4n) is 4.43. The van der Waals surface area contributed by atoms with Gasteiger partial charge in [0.05, 0.1) is 16.7 Å². The van der Waals surface area contributed by atoms with E-state index in [0.29, 0.717) is 27.9 Å². The molecule has 4 rings (SSSR count). The summed E-state index contributed by atoms with van der Waals surface area (Å²) in [5, 5.41) is 12.6. The average molecular weight is 453 g/mol. The second-order valence-electron chi connectivity index (χ2n) is 8.69. The van der Waals surface area contributed by atoms with Crippen molar-refractivity contribution in [2.75, 3.05) is 18.0 Å². The molecule has 1 amide bonds. The van der Waals surface area contributed by atoms with Crippen molar-refractivity contribution in [1.29, 1.82) is 5.26 Å². The lowest BCUT2D eigenvalue weighted by Gasteiger charge is -2.32. The number of nitriles is 1. The predicted molar refractivity (Wildman–Crippen MR) is 126 cm³/mol. The van der Waals surface area contributed by atoms with Gasteiger partial charge in [-0.1, -0.05) is 11.6 Å². The van der Waals surface area contributed by atoms with Gasteiger partial charge in [0.25, 0.3) is 5.91 Å². The standard InChI is InChI=1S/C25H29ClN4O2/c26-24-15-23(8-3-18(24)16-27)32-22-9-4-20(5-10-22)29-25(31)17-1-6-21(7-2-17)30-13-11-19(28)12-14-30/h1-3,6-8,15,19-20,22H,4-5,9-14,28H2,(H,29,31). The maximum Gasteiger partial charge on any atom is 0.251 e. The van der Waals surface area contributed by atoms with E-state index in [9.17, 15) is 4.79 Å². The summed E-state index contributed by atoms with van der Waals surface area (Å²) in [7, 11) is 0. The Labute approximate surface area is 194 Å². The van der Waals surface area contributed by atoms with Crippen LogP contribution in [0.25, 0.3) is 0 Å². The number of hydrogen-bond donors (Lipinski definition) is 2. The summed E-state index contributed by atoms with van der Waals surface area (Å²) in [6.45, 7) is 1.93. The van der Waals surface area contributed by atoms with Gasteiger partial charge in [-0.3, -0.25) is 4.79 Å². The summed E-state index contributed by atoms with van der Waals surface area (Å²) >= 11 is 6.09. The summed E-state index contributed by atoms with van der Waals surface area (Å²) < 4.78 is 6.03. The van der Waals surface area contributed by atoms with Crippen molar-refractivity contribution in [2.45, 2.75) is 56.7 Å². The fourth-order valence-corrected chi connectivity index (χ4v) is 4.64. The van der Waals surface area contributed by atoms with Crippen LogP contribution in [0.4, 0.5) is 5.69 Å². The van der Waals surface area contributed by atoms with Crippen LogP contribution in [-0.2, 0) is 0 Å². The van der Waals surface area contributed by atoms with Crippen LogP contribution in [0.15, 0.2) is 42.5 Å². The summed E-state index contributed by atoms with van der Waals surface area (Å²) in [5.74, 6) is 0.651. The number of rotatable bonds is 5. The lowest BCUT2D eigenvalue weighted by molar-refractivity contribution is 0.0894. The number of nitrogens with two attached hydrogens (primary N) is 1. The van der Waals surface area contributed by atoms with Crippen molar-refractivity contribution in [3.05, 3.63) is 58.6 Å². The molecule has 2 aliphatic rings. The Morgan fingerprint density at radius 2 is 1.75 bits per heavy atom. The molecule has 2 aromatic rings. The number of hydrogen-bond acceptors (Lipinski definition) is 5. The van der Waals surface area contributed by atoms with Gasteiger partial charge in [-0.05, 0) is 74.9 Å². The normalized spacial score (nSPS) is 21.6. The molecule has 1 aliphatic heterocycles. The third-order valence-electron chi connectivity index (χ3n) is 6.41. The van der Waals surface area contributed by atoms with Crippen LogP contribution < -0.4 is 20.7 Å². The van der Waals surface area contributed by atoms with Gasteiger partial charge in [-0.25, -0.2) is 0 Å². The highest BCUT2D eigenvalue weighted by Gasteiger charge is 2.24. The number of carbonyl (C=O) groups excluding carboxylic acids is 1. The first-order valence-corrected chi connectivity index (χ1v) is 11.7. The molecule has 1 aliphatic carbocycles. The minimum atomic E-state index is -0.0274.